The van der Waals surface area contributed by atoms with E-state index in [9.17, 15) is 9.59 Å². The highest BCUT2D eigenvalue weighted by atomic mass is 35.5. The molecule has 0 radical (unpaired) electrons. The standard InChI is InChI=1S/C21H24ClNO4S/c1-15(21(25)23-13-11-16-3-7-18(26-2)8-4-16)27-20(24)12-14-28-19-9-5-17(22)6-10-19/h3-10,15H,11-14H2,1-2H3,(H,23,25)/t15-/m1/s1. The third-order valence-corrected chi connectivity index (χ3v) is 5.20. The van der Waals surface area contributed by atoms with Crippen molar-refractivity contribution in [2.75, 3.05) is 19.4 Å². The molecule has 2 rings (SSSR count). The van der Waals surface area contributed by atoms with Gasteiger partial charge in [0, 0.05) is 22.2 Å². The molecule has 0 bridgehead atoms. The van der Waals surface area contributed by atoms with Crippen molar-refractivity contribution >= 4 is 35.2 Å². The molecule has 1 N–H and O–H groups in total. The van der Waals surface area contributed by atoms with E-state index in [4.69, 9.17) is 21.1 Å². The second-order valence-electron chi connectivity index (χ2n) is 6.07. The van der Waals surface area contributed by atoms with Gasteiger partial charge in [0.2, 0.25) is 0 Å². The van der Waals surface area contributed by atoms with Crippen LogP contribution in [0.4, 0.5) is 0 Å². The number of ether oxygens (including phenoxy) is 2. The Kier molecular flexibility index (Phi) is 9.17. The van der Waals surface area contributed by atoms with E-state index in [0.29, 0.717) is 23.7 Å². The van der Waals surface area contributed by atoms with E-state index in [2.05, 4.69) is 5.32 Å². The molecule has 7 heteroatoms. The average Bonchev–Trinajstić information content (AvgIpc) is 2.70. The Hall–Kier alpha value is -2.18. The van der Waals surface area contributed by atoms with Crippen molar-refractivity contribution in [3.8, 4) is 5.75 Å². The maximum absolute atomic E-state index is 12.1. The molecule has 150 valence electrons. The molecule has 0 saturated heterocycles. The lowest BCUT2D eigenvalue weighted by molar-refractivity contribution is -0.154. The van der Waals surface area contributed by atoms with Crippen molar-refractivity contribution in [3.05, 3.63) is 59.1 Å². The van der Waals surface area contributed by atoms with Crippen LogP contribution < -0.4 is 10.1 Å². The maximum Gasteiger partial charge on any atom is 0.307 e. The van der Waals surface area contributed by atoms with Gasteiger partial charge in [-0.2, -0.15) is 0 Å². The molecule has 2 aromatic carbocycles. The molecule has 28 heavy (non-hydrogen) atoms. The fourth-order valence-electron chi connectivity index (χ4n) is 2.36. The van der Waals surface area contributed by atoms with E-state index in [1.165, 1.54) is 11.8 Å². The highest BCUT2D eigenvalue weighted by Gasteiger charge is 2.17. The van der Waals surface area contributed by atoms with E-state index >= 15 is 0 Å². The minimum Gasteiger partial charge on any atom is -0.497 e. The molecule has 0 fully saturated rings. The summed E-state index contributed by atoms with van der Waals surface area (Å²) in [5.74, 6) is 0.681. The molecule has 0 saturated carbocycles. The number of methoxy groups -OCH3 is 1. The second-order valence-corrected chi connectivity index (χ2v) is 7.68. The summed E-state index contributed by atoms with van der Waals surface area (Å²) in [5.41, 5.74) is 1.09. The van der Waals surface area contributed by atoms with Crippen LogP contribution in [-0.2, 0) is 20.7 Å². The molecule has 0 aliphatic carbocycles. The third kappa shape index (κ3) is 7.82. The Labute approximate surface area is 174 Å². The first-order chi connectivity index (χ1) is 13.5. The van der Waals surface area contributed by atoms with E-state index in [0.717, 1.165) is 16.2 Å². The third-order valence-electron chi connectivity index (χ3n) is 3.94. The quantitative estimate of drug-likeness (QED) is 0.461. The lowest BCUT2D eigenvalue weighted by Crippen LogP contribution is -2.36. The van der Waals surface area contributed by atoms with Crippen LogP contribution in [0.2, 0.25) is 5.02 Å². The van der Waals surface area contributed by atoms with Crippen LogP contribution >= 0.6 is 23.4 Å². The lowest BCUT2D eigenvalue weighted by Gasteiger charge is -2.13. The van der Waals surface area contributed by atoms with Crippen LogP contribution in [0.5, 0.6) is 5.75 Å². The van der Waals surface area contributed by atoms with Crippen LogP contribution in [0.1, 0.15) is 18.9 Å². The second kappa shape index (κ2) is 11.6. The van der Waals surface area contributed by atoms with Crippen molar-refractivity contribution < 1.29 is 19.1 Å². The van der Waals surface area contributed by atoms with Gasteiger partial charge in [0.15, 0.2) is 6.10 Å². The predicted octanol–water partition coefficient (Wildman–Crippen LogP) is 4.12. The Morgan fingerprint density at radius 3 is 2.43 bits per heavy atom. The van der Waals surface area contributed by atoms with Crippen LogP contribution in [0.15, 0.2) is 53.4 Å². The first-order valence-corrected chi connectivity index (χ1v) is 10.3. The fraction of sp³-hybridized carbons (Fsp3) is 0.333. The predicted molar refractivity (Wildman–Crippen MR) is 112 cm³/mol. The van der Waals surface area contributed by atoms with Gasteiger partial charge < -0.3 is 14.8 Å². The number of nitrogens with one attached hydrogen (secondary N) is 1. The molecule has 0 aliphatic rings. The van der Waals surface area contributed by atoms with Crippen molar-refractivity contribution in [3.63, 3.8) is 0 Å². The summed E-state index contributed by atoms with van der Waals surface area (Å²) >= 11 is 7.38. The monoisotopic (exact) mass is 421 g/mol. The summed E-state index contributed by atoms with van der Waals surface area (Å²) < 4.78 is 10.3. The highest BCUT2D eigenvalue weighted by Crippen LogP contribution is 2.21. The van der Waals surface area contributed by atoms with Crippen molar-refractivity contribution in [2.45, 2.75) is 30.8 Å². The van der Waals surface area contributed by atoms with Gasteiger partial charge in [-0.3, -0.25) is 9.59 Å². The molecule has 0 aliphatic heterocycles. The van der Waals surface area contributed by atoms with Crippen molar-refractivity contribution in [2.24, 2.45) is 0 Å². The normalized spacial score (nSPS) is 11.5. The van der Waals surface area contributed by atoms with Crippen molar-refractivity contribution in [1.82, 2.24) is 5.32 Å². The highest BCUT2D eigenvalue weighted by molar-refractivity contribution is 7.99. The molecule has 0 spiro atoms. The molecule has 0 aromatic heterocycles. The number of thioether (sulfide) groups is 1. The van der Waals surface area contributed by atoms with Crippen LogP contribution in [-0.4, -0.2) is 37.4 Å². The van der Waals surface area contributed by atoms with Gasteiger partial charge >= 0.3 is 5.97 Å². The van der Waals surface area contributed by atoms with Gasteiger partial charge in [0.25, 0.3) is 5.91 Å². The van der Waals surface area contributed by atoms with Crippen LogP contribution in [0.3, 0.4) is 0 Å². The number of benzene rings is 2. The number of hydrogen-bond acceptors (Lipinski definition) is 5. The van der Waals surface area contributed by atoms with Crippen LogP contribution in [0.25, 0.3) is 0 Å². The summed E-state index contributed by atoms with van der Waals surface area (Å²) in [6.07, 6.45) is 0.106. The summed E-state index contributed by atoms with van der Waals surface area (Å²) in [6, 6.07) is 15.1. The molecular weight excluding hydrogens is 398 g/mol. The molecule has 5 nitrogen and oxygen atoms in total. The number of carbonyl (C=O) groups is 2. The van der Waals surface area contributed by atoms with Gasteiger partial charge in [-0.25, -0.2) is 0 Å². The van der Waals surface area contributed by atoms with Gasteiger partial charge in [-0.15, -0.1) is 11.8 Å². The number of carbonyl (C=O) groups excluding carboxylic acids is 2. The van der Waals surface area contributed by atoms with Crippen molar-refractivity contribution in [1.29, 1.82) is 0 Å². The van der Waals surface area contributed by atoms with Gasteiger partial charge in [0.05, 0.1) is 13.5 Å². The number of amides is 1. The van der Waals surface area contributed by atoms with E-state index in [1.807, 2.05) is 36.4 Å². The number of halogens is 1. The summed E-state index contributed by atoms with van der Waals surface area (Å²) in [5, 5.41) is 3.46. The zero-order valence-electron chi connectivity index (χ0n) is 15.9. The Morgan fingerprint density at radius 1 is 1.11 bits per heavy atom. The van der Waals surface area contributed by atoms with E-state index in [-0.39, 0.29) is 18.3 Å². The zero-order chi connectivity index (χ0) is 20.4. The molecule has 1 amide bonds. The minimum absolute atomic E-state index is 0.233. The van der Waals surface area contributed by atoms with Gasteiger partial charge in [-0.1, -0.05) is 23.7 Å². The fourth-order valence-corrected chi connectivity index (χ4v) is 3.32. The van der Waals surface area contributed by atoms with E-state index < -0.39 is 6.10 Å². The Balaban J connectivity index is 1.63. The molecular formula is C21H24ClNO4S. The first-order valence-electron chi connectivity index (χ1n) is 8.96. The SMILES string of the molecule is COc1ccc(CCNC(=O)[C@@H](C)OC(=O)CCSc2ccc(Cl)cc2)cc1. The molecule has 1 atom stereocenters. The zero-order valence-corrected chi connectivity index (χ0v) is 17.5. The molecule has 0 heterocycles. The molecule has 2 aromatic rings. The molecule has 0 unspecified atom stereocenters. The Morgan fingerprint density at radius 2 is 1.79 bits per heavy atom. The summed E-state index contributed by atoms with van der Waals surface area (Å²) in [7, 11) is 1.62. The van der Waals surface area contributed by atoms with Gasteiger partial charge in [0.1, 0.15) is 5.75 Å². The van der Waals surface area contributed by atoms with Gasteiger partial charge in [-0.05, 0) is 55.3 Å². The van der Waals surface area contributed by atoms with Crippen LogP contribution in [0, 0.1) is 0 Å². The first kappa shape index (κ1) is 22.1. The largest absolute Gasteiger partial charge is 0.497 e. The maximum atomic E-state index is 12.1. The average molecular weight is 422 g/mol. The van der Waals surface area contributed by atoms with E-state index in [1.54, 1.807) is 26.2 Å². The lowest BCUT2D eigenvalue weighted by atomic mass is 10.1. The number of rotatable bonds is 10. The number of esters is 1. The minimum atomic E-state index is -0.816. The topological polar surface area (TPSA) is 64.6 Å². The summed E-state index contributed by atoms with van der Waals surface area (Å²) in [6.45, 7) is 2.05. The Bertz CT molecular complexity index is 765. The number of hydrogen-bond donors (Lipinski definition) is 1. The summed E-state index contributed by atoms with van der Waals surface area (Å²) in [4.78, 5) is 25.0. The smallest absolute Gasteiger partial charge is 0.307 e.